The predicted molar refractivity (Wildman–Crippen MR) is 69.4 cm³/mol. The van der Waals surface area contributed by atoms with Gasteiger partial charge >= 0.3 is 5.97 Å². The fourth-order valence-corrected chi connectivity index (χ4v) is 1.81. The third kappa shape index (κ3) is 3.03. The molecule has 0 aliphatic rings. The van der Waals surface area contributed by atoms with E-state index < -0.39 is 5.97 Å². The van der Waals surface area contributed by atoms with Crippen LogP contribution in [0.1, 0.15) is 18.1 Å². The van der Waals surface area contributed by atoms with E-state index in [0.717, 1.165) is 17.5 Å². The van der Waals surface area contributed by atoms with E-state index in [9.17, 15) is 4.79 Å². The zero-order valence-corrected chi connectivity index (χ0v) is 10.9. The molecule has 0 amide bonds. The minimum Gasteiger partial charge on any atom is -0.496 e. The van der Waals surface area contributed by atoms with Gasteiger partial charge in [-0.15, -0.1) is 0 Å². The molecule has 1 aromatic rings. The summed E-state index contributed by atoms with van der Waals surface area (Å²) in [5.74, 6) is 0.433. The molecular formula is C14H18O4. The molecule has 0 bridgehead atoms. The minimum absolute atomic E-state index is 0.142. The summed E-state index contributed by atoms with van der Waals surface area (Å²) >= 11 is 0. The van der Waals surface area contributed by atoms with Crippen molar-refractivity contribution < 1.29 is 19.4 Å². The van der Waals surface area contributed by atoms with Gasteiger partial charge in [0.2, 0.25) is 0 Å². The summed E-state index contributed by atoms with van der Waals surface area (Å²) in [6.45, 7) is 5.53. The third-order valence-corrected chi connectivity index (χ3v) is 2.74. The van der Waals surface area contributed by atoms with Crippen molar-refractivity contribution in [1.29, 1.82) is 0 Å². The summed E-state index contributed by atoms with van der Waals surface area (Å²) in [4.78, 5) is 10.8. The largest absolute Gasteiger partial charge is 0.496 e. The summed E-state index contributed by atoms with van der Waals surface area (Å²) in [6, 6.07) is 3.66. The first kappa shape index (κ1) is 14.1. The average molecular weight is 250 g/mol. The van der Waals surface area contributed by atoms with Crippen molar-refractivity contribution in [3.63, 3.8) is 0 Å². The summed E-state index contributed by atoms with van der Waals surface area (Å²) in [5.41, 5.74) is 1.93. The Bertz CT molecular complexity index is 438. The van der Waals surface area contributed by atoms with Crippen LogP contribution in [0.3, 0.4) is 0 Å². The molecule has 18 heavy (non-hydrogen) atoms. The molecule has 0 aliphatic carbocycles. The Labute approximate surface area is 107 Å². The van der Waals surface area contributed by atoms with E-state index in [0.29, 0.717) is 11.5 Å². The van der Waals surface area contributed by atoms with Crippen molar-refractivity contribution in [2.45, 2.75) is 19.8 Å². The second-order valence-electron chi connectivity index (χ2n) is 3.92. The number of ether oxygens (including phenoxy) is 2. The van der Waals surface area contributed by atoms with E-state index in [4.69, 9.17) is 14.6 Å². The third-order valence-electron chi connectivity index (χ3n) is 2.74. The maximum Gasteiger partial charge on any atom is 0.331 e. The molecule has 0 radical (unpaired) electrons. The fraction of sp³-hybridized carbons (Fsp3) is 0.357. The number of aliphatic carboxylic acids is 1. The van der Waals surface area contributed by atoms with Crippen LogP contribution in [-0.4, -0.2) is 25.3 Å². The molecule has 4 heteroatoms. The first-order valence-corrected chi connectivity index (χ1v) is 5.68. The lowest BCUT2D eigenvalue weighted by Crippen LogP contribution is -2.04. The number of hydrogen-bond donors (Lipinski definition) is 1. The second-order valence-corrected chi connectivity index (χ2v) is 3.92. The Kier molecular flexibility index (Phi) is 4.77. The topological polar surface area (TPSA) is 55.8 Å². The normalized spacial score (nSPS) is 9.94. The smallest absolute Gasteiger partial charge is 0.331 e. The van der Waals surface area contributed by atoms with Crippen molar-refractivity contribution in [2.75, 3.05) is 14.2 Å². The molecule has 0 heterocycles. The summed E-state index contributed by atoms with van der Waals surface area (Å²) in [6.07, 6.45) is 1.05. The monoisotopic (exact) mass is 250 g/mol. The number of carboxylic acids is 1. The van der Waals surface area contributed by atoms with Crippen LogP contribution >= 0.6 is 0 Å². The Hall–Kier alpha value is -1.97. The van der Waals surface area contributed by atoms with Gasteiger partial charge in [-0.3, -0.25) is 0 Å². The first-order chi connectivity index (χ1) is 8.53. The van der Waals surface area contributed by atoms with Gasteiger partial charge in [0.15, 0.2) is 0 Å². The molecule has 0 fully saturated rings. The highest BCUT2D eigenvalue weighted by Gasteiger charge is 2.13. The molecule has 0 aliphatic heterocycles. The number of carbonyl (C=O) groups is 1. The van der Waals surface area contributed by atoms with Crippen LogP contribution in [0, 0.1) is 0 Å². The van der Waals surface area contributed by atoms with Crippen molar-refractivity contribution in [3.05, 3.63) is 35.4 Å². The van der Waals surface area contributed by atoms with Crippen LogP contribution in [0.15, 0.2) is 24.3 Å². The molecule has 0 spiro atoms. The van der Waals surface area contributed by atoms with Crippen LogP contribution in [0.25, 0.3) is 0 Å². The Balaban J connectivity index is 3.15. The maximum absolute atomic E-state index is 10.8. The van der Waals surface area contributed by atoms with Gasteiger partial charge in [0.1, 0.15) is 11.5 Å². The molecule has 1 aromatic carbocycles. The molecule has 0 saturated heterocycles. The van der Waals surface area contributed by atoms with Gasteiger partial charge in [0, 0.05) is 17.6 Å². The number of methoxy groups -OCH3 is 2. The van der Waals surface area contributed by atoms with Crippen LogP contribution < -0.4 is 9.47 Å². The molecule has 4 nitrogen and oxygen atoms in total. The zero-order valence-electron chi connectivity index (χ0n) is 10.9. The van der Waals surface area contributed by atoms with Gasteiger partial charge in [-0.05, 0) is 24.1 Å². The zero-order chi connectivity index (χ0) is 13.7. The Morgan fingerprint density at radius 1 is 1.28 bits per heavy atom. The SMILES string of the molecule is C=C(Cc1cc(OC)c(CC)c(OC)c1)C(=O)O. The molecule has 0 aromatic heterocycles. The van der Waals surface area contributed by atoms with Gasteiger partial charge in [-0.2, -0.15) is 0 Å². The van der Waals surface area contributed by atoms with Crippen molar-refractivity contribution in [3.8, 4) is 11.5 Å². The van der Waals surface area contributed by atoms with Crippen LogP contribution in [0.4, 0.5) is 0 Å². The van der Waals surface area contributed by atoms with Crippen molar-refractivity contribution in [2.24, 2.45) is 0 Å². The maximum atomic E-state index is 10.8. The summed E-state index contributed by atoms with van der Waals surface area (Å²) < 4.78 is 10.6. The summed E-state index contributed by atoms with van der Waals surface area (Å²) in [7, 11) is 3.17. The second kappa shape index (κ2) is 6.10. The Morgan fingerprint density at radius 3 is 2.11 bits per heavy atom. The van der Waals surface area contributed by atoms with Gasteiger partial charge in [0.05, 0.1) is 14.2 Å². The van der Waals surface area contributed by atoms with Crippen LogP contribution in [0.2, 0.25) is 0 Å². The van der Waals surface area contributed by atoms with Crippen LogP contribution in [0.5, 0.6) is 11.5 Å². The highest BCUT2D eigenvalue weighted by atomic mass is 16.5. The summed E-state index contributed by atoms with van der Waals surface area (Å²) in [5, 5.41) is 8.84. The van der Waals surface area contributed by atoms with Crippen molar-refractivity contribution in [1.82, 2.24) is 0 Å². The standard InChI is InChI=1S/C14H18O4/c1-5-11-12(17-3)7-10(8-13(11)18-4)6-9(2)14(15)16/h7-8H,2,5-6H2,1,3-4H3,(H,15,16). The molecule has 1 N–H and O–H groups in total. The van der Waals surface area contributed by atoms with E-state index in [2.05, 4.69) is 6.58 Å². The van der Waals surface area contributed by atoms with Gasteiger partial charge in [-0.1, -0.05) is 13.5 Å². The van der Waals surface area contributed by atoms with E-state index in [1.165, 1.54) is 0 Å². The lowest BCUT2D eigenvalue weighted by atomic mass is 10.0. The molecule has 1 rings (SSSR count). The quantitative estimate of drug-likeness (QED) is 0.788. The highest BCUT2D eigenvalue weighted by molar-refractivity contribution is 5.86. The lowest BCUT2D eigenvalue weighted by Gasteiger charge is -2.14. The van der Waals surface area contributed by atoms with Gasteiger partial charge in [0.25, 0.3) is 0 Å². The van der Waals surface area contributed by atoms with Crippen molar-refractivity contribution >= 4 is 5.97 Å². The van der Waals surface area contributed by atoms with Gasteiger partial charge in [-0.25, -0.2) is 4.79 Å². The van der Waals surface area contributed by atoms with E-state index >= 15 is 0 Å². The molecule has 0 atom stereocenters. The number of benzene rings is 1. The molecular weight excluding hydrogens is 232 g/mol. The van der Waals surface area contributed by atoms with Crippen LogP contribution in [-0.2, 0) is 17.6 Å². The van der Waals surface area contributed by atoms with E-state index in [1.54, 1.807) is 14.2 Å². The molecule has 0 unspecified atom stereocenters. The molecule has 98 valence electrons. The fourth-order valence-electron chi connectivity index (χ4n) is 1.81. The van der Waals surface area contributed by atoms with E-state index in [-0.39, 0.29) is 12.0 Å². The van der Waals surface area contributed by atoms with E-state index in [1.807, 2.05) is 19.1 Å². The predicted octanol–water partition coefficient (Wildman–Crippen LogP) is 2.45. The number of carboxylic acid groups (broad SMARTS) is 1. The lowest BCUT2D eigenvalue weighted by molar-refractivity contribution is -0.132. The molecule has 0 saturated carbocycles. The highest BCUT2D eigenvalue weighted by Crippen LogP contribution is 2.31. The number of hydrogen-bond acceptors (Lipinski definition) is 3. The Morgan fingerprint density at radius 2 is 1.78 bits per heavy atom. The number of rotatable bonds is 6. The average Bonchev–Trinajstić information content (AvgIpc) is 2.37. The first-order valence-electron chi connectivity index (χ1n) is 5.68. The van der Waals surface area contributed by atoms with Gasteiger partial charge < -0.3 is 14.6 Å². The minimum atomic E-state index is -0.993.